The number of hydrogen-bond acceptors (Lipinski definition) is 4. The molecule has 0 atom stereocenters. The van der Waals surface area contributed by atoms with E-state index in [0.717, 1.165) is 24.3 Å². The van der Waals surface area contributed by atoms with Gasteiger partial charge in [-0.25, -0.2) is 0 Å². The van der Waals surface area contributed by atoms with Crippen molar-refractivity contribution >= 4 is 11.8 Å². The summed E-state index contributed by atoms with van der Waals surface area (Å²) in [4.78, 5) is 24.9. The van der Waals surface area contributed by atoms with Gasteiger partial charge in [0.1, 0.15) is 18.1 Å². The van der Waals surface area contributed by atoms with Gasteiger partial charge in [-0.1, -0.05) is 0 Å². The number of methoxy groups -OCH3 is 1. The predicted molar refractivity (Wildman–Crippen MR) is 86.5 cm³/mol. The lowest BCUT2D eigenvalue weighted by Crippen LogP contribution is -2.39. The van der Waals surface area contributed by atoms with E-state index >= 15 is 0 Å². The van der Waals surface area contributed by atoms with Crippen molar-refractivity contribution in [1.29, 1.82) is 0 Å². The molecule has 0 aliphatic heterocycles. The van der Waals surface area contributed by atoms with Crippen molar-refractivity contribution < 1.29 is 19.1 Å². The topological polar surface area (TPSA) is 67.9 Å². The van der Waals surface area contributed by atoms with E-state index < -0.39 is 0 Å². The second kappa shape index (κ2) is 8.41. The van der Waals surface area contributed by atoms with Crippen molar-refractivity contribution in [1.82, 2.24) is 10.2 Å². The first-order chi connectivity index (χ1) is 11.1. The highest BCUT2D eigenvalue weighted by Crippen LogP contribution is 2.28. The minimum absolute atomic E-state index is 0.0241. The largest absolute Gasteiger partial charge is 0.497 e. The maximum absolute atomic E-state index is 11.6. The number of carbonyl (C=O) groups is 2. The molecule has 6 nitrogen and oxygen atoms in total. The van der Waals surface area contributed by atoms with Gasteiger partial charge in [-0.2, -0.15) is 0 Å². The Kier molecular flexibility index (Phi) is 6.26. The number of nitrogens with zero attached hydrogens (tertiary/aromatic N) is 1. The van der Waals surface area contributed by atoms with Crippen LogP contribution in [0.15, 0.2) is 24.3 Å². The van der Waals surface area contributed by atoms with E-state index in [2.05, 4.69) is 5.32 Å². The SMILES string of the molecule is COc1ccc(OCCN(CCNC(=O)C2CC2)C(C)=O)cc1. The van der Waals surface area contributed by atoms with Crippen LogP contribution in [0.3, 0.4) is 0 Å². The zero-order chi connectivity index (χ0) is 16.7. The van der Waals surface area contributed by atoms with Gasteiger partial charge in [0.15, 0.2) is 0 Å². The Hall–Kier alpha value is -2.24. The Morgan fingerprint density at radius 2 is 1.83 bits per heavy atom. The van der Waals surface area contributed by atoms with E-state index in [1.54, 1.807) is 12.0 Å². The average molecular weight is 320 g/mol. The molecule has 2 rings (SSSR count). The van der Waals surface area contributed by atoms with Gasteiger partial charge in [-0.3, -0.25) is 9.59 Å². The zero-order valence-corrected chi connectivity index (χ0v) is 13.7. The third kappa shape index (κ3) is 5.81. The monoisotopic (exact) mass is 320 g/mol. The quantitative estimate of drug-likeness (QED) is 0.748. The van der Waals surface area contributed by atoms with E-state index in [1.165, 1.54) is 6.92 Å². The molecule has 0 spiro atoms. The van der Waals surface area contributed by atoms with Gasteiger partial charge < -0.3 is 19.7 Å². The maximum Gasteiger partial charge on any atom is 0.223 e. The highest BCUT2D eigenvalue weighted by Gasteiger charge is 2.29. The summed E-state index contributed by atoms with van der Waals surface area (Å²) in [6.45, 7) is 3.40. The predicted octanol–water partition coefficient (Wildman–Crippen LogP) is 1.45. The number of amides is 2. The second-order valence-corrected chi connectivity index (χ2v) is 5.60. The van der Waals surface area contributed by atoms with Gasteiger partial charge in [-0.05, 0) is 37.1 Å². The van der Waals surface area contributed by atoms with Gasteiger partial charge in [0.2, 0.25) is 11.8 Å². The molecule has 1 aliphatic carbocycles. The summed E-state index contributed by atoms with van der Waals surface area (Å²) in [5.74, 6) is 1.77. The van der Waals surface area contributed by atoms with Crippen LogP contribution < -0.4 is 14.8 Å². The van der Waals surface area contributed by atoms with Crippen molar-refractivity contribution in [2.24, 2.45) is 5.92 Å². The van der Waals surface area contributed by atoms with Crippen molar-refractivity contribution in [2.45, 2.75) is 19.8 Å². The molecule has 1 fully saturated rings. The summed E-state index contributed by atoms with van der Waals surface area (Å²) in [5, 5.41) is 2.86. The van der Waals surface area contributed by atoms with Gasteiger partial charge in [0.25, 0.3) is 0 Å². The maximum atomic E-state index is 11.6. The minimum atomic E-state index is -0.0241. The molecule has 2 amide bonds. The molecular weight excluding hydrogens is 296 g/mol. The van der Waals surface area contributed by atoms with Crippen LogP contribution in [0.2, 0.25) is 0 Å². The Labute approximate surface area is 136 Å². The number of benzene rings is 1. The second-order valence-electron chi connectivity index (χ2n) is 5.60. The van der Waals surface area contributed by atoms with Crippen LogP contribution in [-0.4, -0.2) is 50.1 Å². The Morgan fingerprint density at radius 3 is 2.39 bits per heavy atom. The summed E-state index contributed by atoms with van der Waals surface area (Å²) in [5.41, 5.74) is 0. The van der Waals surface area contributed by atoms with Crippen LogP contribution in [0.5, 0.6) is 11.5 Å². The molecule has 0 radical (unpaired) electrons. The van der Waals surface area contributed by atoms with E-state index in [-0.39, 0.29) is 17.7 Å². The molecule has 6 heteroatoms. The van der Waals surface area contributed by atoms with Crippen molar-refractivity contribution in [2.75, 3.05) is 33.4 Å². The number of ether oxygens (including phenoxy) is 2. The van der Waals surface area contributed by atoms with E-state index in [0.29, 0.717) is 26.2 Å². The smallest absolute Gasteiger partial charge is 0.223 e. The molecular formula is C17H24N2O4. The molecule has 126 valence electrons. The zero-order valence-electron chi connectivity index (χ0n) is 13.7. The lowest BCUT2D eigenvalue weighted by atomic mass is 10.3. The summed E-state index contributed by atoms with van der Waals surface area (Å²) in [7, 11) is 1.61. The molecule has 23 heavy (non-hydrogen) atoms. The molecule has 0 heterocycles. The van der Waals surface area contributed by atoms with Crippen LogP contribution >= 0.6 is 0 Å². The molecule has 1 aromatic rings. The first kappa shape index (κ1) is 17.1. The third-order valence-electron chi connectivity index (χ3n) is 3.76. The normalized spacial score (nSPS) is 13.3. The van der Waals surface area contributed by atoms with Crippen molar-refractivity contribution in [3.63, 3.8) is 0 Å². The van der Waals surface area contributed by atoms with E-state index in [9.17, 15) is 9.59 Å². The van der Waals surface area contributed by atoms with Crippen molar-refractivity contribution in [3.05, 3.63) is 24.3 Å². The molecule has 1 aliphatic rings. The summed E-state index contributed by atoms with van der Waals surface area (Å²) in [6.07, 6.45) is 1.97. The Bertz CT molecular complexity index is 526. The highest BCUT2D eigenvalue weighted by atomic mass is 16.5. The fraction of sp³-hybridized carbons (Fsp3) is 0.529. The number of carbonyl (C=O) groups excluding carboxylic acids is 2. The number of nitrogens with one attached hydrogen (secondary N) is 1. The van der Waals surface area contributed by atoms with Crippen LogP contribution in [0.4, 0.5) is 0 Å². The number of rotatable bonds is 9. The van der Waals surface area contributed by atoms with Crippen molar-refractivity contribution in [3.8, 4) is 11.5 Å². The lowest BCUT2D eigenvalue weighted by Gasteiger charge is -2.21. The van der Waals surface area contributed by atoms with Gasteiger partial charge in [0, 0.05) is 25.9 Å². The molecule has 0 aromatic heterocycles. The van der Waals surface area contributed by atoms with Crippen LogP contribution in [0.1, 0.15) is 19.8 Å². The van der Waals surface area contributed by atoms with Gasteiger partial charge in [0.05, 0.1) is 13.7 Å². The van der Waals surface area contributed by atoms with Gasteiger partial charge >= 0.3 is 0 Å². The van der Waals surface area contributed by atoms with E-state index in [1.807, 2.05) is 24.3 Å². The molecule has 1 N–H and O–H groups in total. The summed E-state index contributed by atoms with van der Waals surface area (Å²) < 4.78 is 10.7. The average Bonchev–Trinajstić information content (AvgIpc) is 3.38. The van der Waals surface area contributed by atoms with Crippen LogP contribution in [0, 0.1) is 5.92 Å². The summed E-state index contributed by atoms with van der Waals surface area (Å²) in [6, 6.07) is 7.30. The summed E-state index contributed by atoms with van der Waals surface area (Å²) >= 11 is 0. The molecule has 0 bridgehead atoms. The van der Waals surface area contributed by atoms with E-state index in [4.69, 9.17) is 9.47 Å². The van der Waals surface area contributed by atoms with Crippen LogP contribution in [-0.2, 0) is 9.59 Å². The fourth-order valence-electron chi connectivity index (χ4n) is 2.18. The van der Waals surface area contributed by atoms with Gasteiger partial charge in [-0.15, -0.1) is 0 Å². The molecule has 0 saturated heterocycles. The standard InChI is InChI=1S/C17H24N2O4/c1-13(20)19(10-9-18-17(21)14-3-4-14)11-12-23-16-7-5-15(22-2)6-8-16/h5-8,14H,3-4,9-12H2,1-2H3,(H,18,21). The number of hydrogen-bond donors (Lipinski definition) is 1. The third-order valence-corrected chi connectivity index (χ3v) is 3.76. The molecule has 1 saturated carbocycles. The highest BCUT2D eigenvalue weighted by molar-refractivity contribution is 5.80. The Morgan fingerprint density at radius 1 is 1.17 bits per heavy atom. The molecule has 1 aromatic carbocycles. The minimum Gasteiger partial charge on any atom is -0.497 e. The fourth-order valence-corrected chi connectivity index (χ4v) is 2.18. The van der Waals surface area contributed by atoms with Crippen LogP contribution in [0.25, 0.3) is 0 Å². The first-order valence-corrected chi connectivity index (χ1v) is 7.90. The molecule has 0 unspecified atom stereocenters. The Balaban J connectivity index is 1.68. The first-order valence-electron chi connectivity index (χ1n) is 7.90. The lowest BCUT2D eigenvalue weighted by molar-refractivity contribution is -0.130.